The Morgan fingerprint density at radius 3 is 2.28 bits per heavy atom. The van der Waals surface area contributed by atoms with Crippen LogP contribution in [0, 0.1) is 5.92 Å². The first-order valence-electron chi connectivity index (χ1n) is 11.6. The van der Waals surface area contributed by atoms with Gasteiger partial charge in [0.05, 0.1) is 11.9 Å². The van der Waals surface area contributed by atoms with Crippen LogP contribution >= 0.6 is 11.6 Å². The lowest BCUT2D eigenvalue weighted by Crippen LogP contribution is -2.51. The van der Waals surface area contributed by atoms with E-state index in [2.05, 4.69) is 5.32 Å². The third-order valence-corrected chi connectivity index (χ3v) is 7.00. The molecule has 1 atom stereocenters. The number of halogens is 1. The van der Waals surface area contributed by atoms with Gasteiger partial charge in [0.1, 0.15) is 25.8 Å². The van der Waals surface area contributed by atoms with Crippen molar-refractivity contribution in [1.82, 2.24) is 10.2 Å². The van der Waals surface area contributed by atoms with E-state index in [1.807, 2.05) is 13.8 Å². The Labute approximate surface area is 217 Å². The van der Waals surface area contributed by atoms with Gasteiger partial charge in [0.25, 0.3) is 0 Å². The smallest absolute Gasteiger partial charge is 0.244 e. The summed E-state index contributed by atoms with van der Waals surface area (Å²) in [5, 5.41) is 3.39. The summed E-state index contributed by atoms with van der Waals surface area (Å²) >= 11 is 5.99. The van der Waals surface area contributed by atoms with Crippen molar-refractivity contribution in [3.8, 4) is 11.5 Å². The van der Waals surface area contributed by atoms with E-state index in [9.17, 15) is 18.0 Å². The quantitative estimate of drug-likeness (QED) is 0.499. The van der Waals surface area contributed by atoms with Crippen molar-refractivity contribution in [2.24, 2.45) is 5.92 Å². The van der Waals surface area contributed by atoms with Gasteiger partial charge in [0.15, 0.2) is 11.5 Å². The predicted molar refractivity (Wildman–Crippen MR) is 139 cm³/mol. The maximum absolute atomic E-state index is 13.6. The van der Waals surface area contributed by atoms with Crippen LogP contribution in [0.15, 0.2) is 42.5 Å². The Bertz CT molecular complexity index is 1190. The molecule has 2 aromatic rings. The van der Waals surface area contributed by atoms with Crippen LogP contribution in [0.25, 0.3) is 0 Å². The Kier molecular flexibility index (Phi) is 9.08. The van der Waals surface area contributed by atoms with Gasteiger partial charge >= 0.3 is 0 Å². The van der Waals surface area contributed by atoms with Crippen LogP contribution in [0.4, 0.5) is 5.69 Å². The molecular weight excluding hydrogens is 506 g/mol. The van der Waals surface area contributed by atoms with Gasteiger partial charge < -0.3 is 19.7 Å². The van der Waals surface area contributed by atoms with Gasteiger partial charge in [-0.15, -0.1) is 0 Å². The van der Waals surface area contributed by atoms with E-state index in [1.165, 1.54) is 11.0 Å². The molecule has 2 aromatic carbocycles. The maximum atomic E-state index is 13.6. The van der Waals surface area contributed by atoms with E-state index in [4.69, 9.17) is 21.1 Å². The van der Waals surface area contributed by atoms with Gasteiger partial charge in [0.2, 0.25) is 21.8 Å². The van der Waals surface area contributed by atoms with Crippen molar-refractivity contribution in [2.75, 3.05) is 36.9 Å². The normalized spacial score (nSPS) is 13.7. The highest BCUT2D eigenvalue weighted by molar-refractivity contribution is 7.92. The van der Waals surface area contributed by atoms with Crippen LogP contribution in [0.3, 0.4) is 0 Å². The van der Waals surface area contributed by atoms with Gasteiger partial charge in [-0.3, -0.25) is 13.9 Å². The molecule has 1 N–H and O–H groups in total. The van der Waals surface area contributed by atoms with Crippen LogP contribution in [0.2, 0.25) is 5.02 Å². The molecular formula is C25H32ClN3O6S. The van der Waals surface area contributed by atoms with E-state index in [1.54, 1.807) is 43.3 Å². The zero-order valence-corrected chi connectivity index (χ0v) is 22.4. The summed E-state index contributed by atoms with van der Waals surface area (Å²) in [6, 6.07) is 10.8. The van der Waals surface area contributed by atoms with Crippen molar-refractivity contribution in [3.63, 3.8) is 0 Å². The summed E-state index contributed by atoms with van der Waals surface area (Å²) in [6.45, 7) is 6.37. The lowest BCUT2D eigenvalue weighted by atomic mass is 10.1. The molecule has 36 heavy (non-hydrogen) atoms. The first-order chi connectivity index (χ1) is 17.0. The third-order valence-electron chi connectivity index (χ3n) is 5.61. The number of nitrogens with one attached hydrogen (secondary N) is 1. The highest BCUT2D eigenvalue weighted by atomic mass is 35.5. The standard InChI is InChI=1S/C25H32ClN3O6S/c1-17(2)14-27-25(31)18(3)28(15-19-5-7-20(26)8-6-19)24(30)16-29(36(4,32)33)21-9-10-22-23(13-21)35-12-11-34-22/h5-10,13,17-18H,11-12,14-16H2,1-4H3,(H,27,31)/t18-/m1/s1. The van der Waals surface area contributed by atoms with Crippen LogP contribution in [-0.4, -0.2) is 63.7 Å². The van der Waals surface area contributed by atoms with Gasteiger partial charge in [-0.2, -0.15) is 0 Å². The fraction of sp³-hybridized carbons (Fsp3) is 0.440. The van der Waals surface area contributed by atoms with E-state index >= 15 is 0 Å². The number of ether oxygens (including phenoxy) is 2. The minimum Gasteiger partial charge on any atom is -0.486 e. The first kappa shape index (κ1) is 27.6. The number of anilines is 1. The predicted octanol–water partition coefficient (Wildman–Crippen LogP) is 3.07. The summed E-state index contributed by atoms with van der Waals surface area (Å²) in [5.41, 5.74) is 1.01. The molecule has 0 unspecified atom stereocenters. The van der Waals surface area contributed by atoms with Crippen molar-refractivity contribution in [3.05, 3.63) is 53.1 Å². The molecule has 1 heterocycles. The Morgan fingerprint density at radius 2 is 1.67 bits per heavy atom. The summed E-state index contributed by atoms with van der Waals surface area (Å²) in [7, 11) is -3.85. The first-order valence-corrected chi connectivity index (χ1v) is 13.9. The second-order valence-corrected chi connectivity index (χ2v) is 11.4. The second kappa shape index (κ2) is 11.8. The lowest BCUT2D eigenvalue weighted by molar-refractivity contribution is -0.139. The van der Waals surface area contributed by atoms with E-state index in [-0.39, 0.29) is 24.1 Å². The average molecular weight is 538 g/mol. The average Bonchev–Trinajstić information content (AvgIpc) is 2.83. The molecule has 0 bridgehead atoms. The number of benzene rings is 2. The van der Waals surface area contributed by atoms with Gasteiger partial charge in [-0.05, 0) is 42.7 Å². The van der Waals surface area contributed by atoms with Gasteiger partial charge in [0, 0.05) is 24.2 Å². The van der Waals surface area contributed by atoms with Crippen LogP contribution in [0.1, 0.15) is 26.3 Å². The molecule has 1 aliphatic rings. The number of amides is 2. The number of carbonyl (C=O) groups is 2. The molecule has 0 aliphatic carbocycles. The zero-order chi connectivity index (χ0) is 26.5. The molecule has 0 saturated heterocycles. The highest BCUT2D eigenvalue weighted by Crippen LogP contribution is 2.34. The maximum Gasteiger partial charge on any atom is 0.244 e. The summed E-state index contributed by atoms with van der Waals surface area (Å²) in [6.07, 6.45) is 1.03. The zero-order valence-electron chi connectivity index (χ0n) is 20.9. The van der Waals surface area contributed by atoms with Crippen molar-refractivity contribution in [2.45, 2.75) is 33.4 Å². The number of hydrogen-bond acceptors (Lipinski definition) is 6. The second-order valence-electron chi connectivity index (χ2n) is 9.06. The third kappa shape index (κ3) is 7.27. The molecule has 1 aliphatic heterocycles. The lowest BCUT2D eigenvalue weighted by Gasteiger charge is -2.32. The molecule has 3 rings (SSSR count). The summed E-state index contributed by atoms with van der Waals surface area (Å²) in [4.78, 5) is 27.8. The van der Waals surface area contributed by atoms with Crippen molar-refractivity contribution in [1.29, 1.82) is 0 Å². The number of nitrogens with zero attached hydrogens (tertiary/aromatic N) is 2. The molecule has 11 heteroatoms. The molecule has 196 valence electrons. The topological polar surface area (TPSA) is 105 Å². The Balaban J connectivity index is 1.89. The number of hydrogen-bond donors (Lipinski definition) is 1. The Hall–Kier alpha value is -2.98. The highest BCUT2D eigenvalue weighted by Gasteiger charge is 2.30. The molecule has 0 saturated carbocycles. The molecule has 0 spiro atoms. The number of carbonyl (C=O) groups excluding carboxylic acids is 2. The van der Waals surface area contributed by atoms with Crippen LogP contribution < -0.4 is 19.1 Å². The molecule has 2 amide bonds. The largest absolute Gasteiger partial charge is 0.486 e. The minimum atomic E-state index is -3.85. The molecule has 0 fully saturated rings. The number of rotatable bonds is 10. The summed E-state index contributed by atoms with van der Waals surface area (Å²) < 4.78 is 37.5. The van der Waals surface area contributed by atoms with Crippen molar-refractivity contribution >= 4 is 39.1 Å². The fourth-order valence-electron chi connectivity index (χ4n) is 3.62. The SMILES string of the molecule is CC(C)CNC(=O)[C@@H](C)N(Cc1ccc(Cl)cc1)C(=O)CN(c1ccc2c(c1)OCCO2)S(C)(=O)=O. The van der Waals surface area contributed by atoms with Crippen LogP contribution in [0.5, 0.6) is 11.5 Å². The number of fused-ring (bicyclic) bond motifs is 1. The van der Waals surface area contributed by atoms with E-state index < -0.39 is 28.5 Å². The monoisotopic (exact) mass is 537 g/mol. The van der Waals surface area contributed by atoms with E-state index in [0.29, 0.717) is 36.3 Å². The van der Waals surface area contributed by atoms with E-state index in [0.717, 1.165) is 16.1 Å². The molecule has 0 aromatic heterocycles. The number of sulfonamides is 1. The van der Waals surface area contributed by atoms with Crippen molar-refractivity contribution < 1.29 is 27.5 Å². The molecule has 0 radical (unpaired) electrons. The summed E-state index contributed by atoms with van der Waals surface area (Å²) in [5.74, 6) is 0.287. The molecule has 9 nitrogen and oxygen atoms in total. The minimum absolute atomic E-state index is 0.102. The Morgan fingerprint density at radius 1 is 1.03 bits per heavy atom. The van der Waals surface area contributed by atoms with Gasteiger partial charge in [-0.1, -0.05) is 37.6 Å². The fourth-order valence-corrected chi connectivity index (χ4v) is 4.59. The van der Waals surface area contributed by atoms with Gasteiger partial charge in [-0.25, -0.2) is 8.42 Å². The van der Waals surface area contributed by atoms with Crippen LogP contribution in [-0.2, 0) is 26.2 Å².